The van der Waals surface area contributed by atoms with E-state index in [9.17, 15) is 0 Å². The molecule has 3 aliphatic carbocycles. The normalized spacial score (nSPS) is 29.9. The number of aromatic nitrogens is 3. The zero-order chi connectivity index (χ0) is 23.2. The zero-order valence-corrected chi connectivity index (χ0v) is 21.4. The van der Waals surface area contributed by atoms with Crippen molar-refractivity contribution in [1.82, 2.24) is 29.7 Å². The fourth-order valence-electron chi connectivity index (χ4n) is 7.63. The Balaban J connectivity index is 0.994. The molecule has 1 saturated heterocycles. The van der Waals surface area contributed by atoms with Crippen LogP contribution in [-0.4, -0.2) is 75.7 Å². The maximum absolute atomic E-state index is 5.14. The molecule has 0 aromatic carbocycles. The monoisotopic (exact) mass is 477 g/mol. The molecule has 0 atom stereocenters. The highest BCUT2D eigenvalue weighted by atomic mass is 15.3. The average Bonchev–Trinajstić information content (AvgIpc) is 3.63. The Labute approximate surface area is 210 Å². The maximum Gasteiger partial charge on any atom is 0.224 e. The van der Waals surface area contributed by atoms with Crippen LogP contribution in [0.1, 0.15) is 76.3 Å². The minimum atomic E-state index is 0.208. The standard InChI is InChI=1S/C28H43N7/c1-2-10-28(11-3-1)20-29-18-25-16-22-17-30-27(32-26(22)35(25)28)31-23-6-8-24(9-7-23)34-14-12-33(13-15-34)19-21-4-5-21/h16-17,21,23-24,29H,1-15,18-20H2,(H,30,31,32)/t23-,24-. The van der Waals surface area contributed by atoms with Crippen molar-refractivity contribution >= 4 is 17.0 Å². The fraction of sp³-hybridized carbons (Fsp3) is 0.786. The van der Waals surface area contributed by atoms with Gasteiger partial charge >= 0.3 is 0 Å². The predicted molar refractivity (Wildman–Crippen MR) is 141 cm³/mol. The van der Waals surface area contributed by atoms with Gasteiger partial charge in [-0.25, -0.2) is 4.98 Å². The van der Waals surface area contributed by atoms with Crippen molar-refractivity contribution in [3.05, 3.63) is 18.0 Å². The molecule has 4 fully saturated rings. The van der Waals surface area contributed by atoms with Crippen LogP contribution < -0.4 is 10.6 Å². The van der Waals surface area contributed by atoms with Crippen molar-refractivity contribution < 1.29 is 0 Å². The van der Waals surface area contributed by atoms with Crippen molar-refractivity contribution in [1.29, 1.82) is 0 Å². The fourth-order valence-corrected chi connectivity index (χ4v) is 7.63. The highest BCUT2D eigenvalue weighted by Crippen LogP contribution is 2.40. The molecule has 0 unspecified atom stereocenters. The summed E-state index contributed by atoms with van der Waals surface area (Å²) in [5.41, 5.74) is 2.75. The topological polar surface area (TPSA) is 61.3 Å². The second-order valence-electron chi connectivity index (χ2n) is 12.3. The summed E-state index contributed by atoms with van der Waals surface area (Å²) in [4.78, 5) is 15.4. The van der Waals surface area contributed by atoms with Crippen molar-refractivity contribution in [3.63, 3.8) is 0 Å². The van der Waals surface area contributed by atoms with Crippen LogP contribution in [0.4, 0.5) is 5.95 Å². The summed E-state index contributed by atoms with van der Waals surface area (Å²) >= 11 is 0. The summed E-state index contributed by atoms with van der Waals surface area (Å²) in [6.07, 6.45) is 16.6. The predicted octanol–water partition coefficient (Wildman–Crippen LogP) is 3.94. The van der Waals surface area contributed by atoms with Gasteiger partial charge in [0.25, 0.3) is 0 Å². The Kier molecular flexibility index (Phi) is 5.98. The molecule has 3 saturated carbocycles. The van der Waals surface area contributed by atoms with Gasteiger partial charge in [0.2, 0.25) is 5.95 Å². The molecule has 2 aromatic rings. The molecule has 1 spiro atoms. The van der Waals surface area contributed by atoms with Gasteiger partial charge in [-0.05, 0) is 63.4 Å². The maximum atomic E-state index is 5.14. The van der Waals surface area contributed by atoms with E-state index >= 15 is 0 Å². The number of hydrogen-bond acceptors (Lipinski definition) is 6. The van der Waals surface area contributed by atoms with Crippen LogP contribution in [0.5, 0.6) is 0 Å². The number of nitrogens with zero attached hydrogens (tertiary/aromatic N) is 5. The smallest absolute Gasteiger partial charge is 0.224 e. The summed E-state index contributed by atoms with van der Waals surface area (Å²) < 4.78 is 2.60. The Morgan fingerprint density at radius 2 is 1.77 bits per heavy atom. The average molecular weight is 478 g/mol. The first-order valence-corrected chi connectivity index (χ1v) is 14.6. The molecule has 0 bridgehead atoms. The molecule has 7 rings (SSSR count). The van der Waals surface area contributed by atoms with Crippen molar-refractivity contribution in [2.75, 3.05) is 44.6 Å². The third-order valence-electron chi connectivity index (χ3n) is 9.80. The van der Waals surface area contributed by atoms with Crippen molar-refractivity contribution in [2.24, 2.45) is 5.92 Å². The second kappa shape index (κ2) is 9.31. The molecular formula is C28H43N7. The van der Waals surface area contributed by atoms with Gasteiger partial charge in [-0.1, -0.05) is 19.3 Å². The van der Waals surface area contributed by atoms with Gasteiger partial charge in [0.15, 0.2) is 0 Å². The van der Waals surface area contributed by atoms with E-state index in [0.29, 0.717) is 6.04 Å². The highest BCUT2D eigenvalue weighted by molar-refractivity contribution is 5.78. The van der Waals surface area contributed by atoms with Crippen LogP contribution in [0.3, 0.4) is 0 Å². The number of rotatable bonds is 5. The Bertz CT molecular complexity index is 1020. The quantitative estimate of drug-likeness (QED) is 0.680. The number of nitrogens with one attached hydrogen (secondary N) is 2. The molecule has 2 aromatic heterocycles. The number of hydrogen-bond donors (Lipinski definition) is 2. The lowest BCUT2D eigenvalue weighted by molar-refractivity contribution is 0.0752. The Morgan fingerprint density at radius 3 is 2.54 bits per heavy atom. The van der Waals surface area contributed by atoms with E-state index in [4.69, 9.17) is 9.97 Å². The molecular weight excluding hydrogens is 434 g/mol. The van der Waals surface area contributed by atoms with E-state index in [1.807, 2.05) is 0 Å². The summed E-state index contributed by atoms with van der Waals surface area (Å²) in [5, 5.41) is 8.64. The van der Waals surface area contributed by atoms with Crippen LogP contribution in [0, 0.1) is 5.92 Å². The van der Waals surface area contributed by atoms with Crippen LogP contribution in [-0.2, 0) is 12.1 Å². The van der Waals surface area contributed by atoms with Gasteiger partial charge in [-0.15, -0.1) is 0 Å². The van der Waals surface area contributed by atoms with E-state index in [2.05, 4.69) is 37.3 Å². The van der Waals surface area contributed by atoms with Gasteiger partial charge in [0.1, 0.15) is 5.65 Å². The van der Waals surface area contributed by atoms with E-state index in [1.165, 1.54) is 114 Å². The molecule has 5 aliphatic rings. The number of fused-ring (bicyclic) bond motifs is 4. The highest BCUT2D eigenvalue weighted by Gasteiger charge is 2.39. The van der Waals surface area contributed by atoms with E-state index in [1.54, 1.807) is 0 Å². The molecule has 35 heavy (non-hydrogen) atoms. The molecule has 0 amide bonds. The van der Waals surface area contributed by atoms with Gasteiger partial charge < -0.3 is 20.1 Å². The Morgan fingerprint density at radius 1 is 0.971 bits per heavy atom. The molecule has 7 nitrogen and oxygen atoms in total. The van der Waals surface area contributed by atoms with Gasteiger partial charge in [0, 0.05) is 75.2 Å². The lowest BCUT2D eigenvalue weighted by atomic mass is 9.80. The minimum Gasteiger partial charge on any atom is -0.351 e. The molecule has 190 valence electrons. The molecule has 0 radical (unpaired) electrons. The lowest BCUT2D eigenvalue weighted by Crippen LogP contribution is -2.52. The molecule has 2 N–H and O–H groups in total. The molecule has 4 heterocycles. The van der Waals surface area contributed by atoms with Crippen LogP contribution in [0.25, 0.3) is 11.0 Å². The van der Waals surface area contributed by atoms with E-state index in [-0.39, 0.29) is 5.54 Å². The SMILES string of the molecule is c1nc(N[C@H]2CC[C@H](N3CCN(CC4CC4)CC3)CC2)nc2c1cc1n2C2(CCCCC2)CNC1. The first-order chi connectivity index (χ1) is 17.3. The lowest BCUT2D eigenvalue weighted by Gasteiger charge is -2.43. The van der Waals surface area contributed by atoms with Crippen molar-refractivity contribution in [2.45, 2.75) is 94.8 Å². The van der Waals surface area contributed by atoms with Crippen LogP contribution in [0.15, 0.2) is 12.3 Å². The summed E-state index contributed by atoms with van der Waals surface area (Å²) in [6, 6.07) is 3.59. The first kappa shape index (κ1) is 22.5. The number of anilines is 1. The third kappa shape index (κ3) is 4.49. The summed E-state index contributed by atoms with van der Waals surface area (Å²) in [7, 11) is 0. The minimum absolute atomic E-state index is 0.208. The second-order valence-corrected chi connectivity index (χ2v) is 12.3. The van der Waals surface area contributed by atoms with Gasteiger partial charge in [-0.3, -0.25) is 4.90 Å². The Hall–Kier alpha value is -1.70. The first-order valence-electron chi connectivity index (χ1n) is 14.6. The molecule has 2 aliphatic heterocycles. The molecule has 7 heteroatoms. The summed E-state index contributed by atoms with van der Waals surface area (Å²) in [6.45, 7) is 8.48. The van der Waals surface area contributed by atoms with E-state index < -0.39 is 0 Å². The third-order valence-corrected chi connectivity index (χ3v) is 9.80. The van der Waals surface area contributed by atoms with Crippen LogP contribution in [0.2, 0.25) is 0 Å². The van der Waals surface area contributed by atoms with Gasteiger partial charge in [0.05, 0.1) is 5.54 Å². The summed E-state index contributed by atoms with van der Waals surface area (Å²) in [5.74, 6) is 1.85. The largest absolute Gasteiger partial charge is 0.351 e. The van der Waals surface area contributed by atoms with Gasteiger partial charge in [-0.2, -0.15) is 4.98 Å². The van der Waals surface area contributed by atoms with Crippen LogP contribution >= 0.6 is 0 Å². The zero-order valence-electron chi connectivity index (χ0n) is 21.4. The van der Waals surface area contributed by atoms with E-state index in [0.717, 1.165) is 36.6 Å². The number of piperazine rings is 1. The van der Waals surface area contributed by atoms with Crippen molar-refractivity contribution in [3.8, 4) is 0 Å².